The van der Waals surface area contributed by atoms with Crippen LogP contribution < -0.4 is 14.2 Å². The number of nitrogens with one attached hydrogen (secondary N) is 2. The van der Waals surface area contributed by atoms with Gasteiger partial charge in [0.25, 0.3) is 10.0 Å². The molecule has 0 saturated heterocycles. The van der Waals surface area contributed by atoms with Crippen LogP contribution in [0.3, 0.4) is 0 Å². The molecule has 0 unspecified atom stereocenters. The lowest BCUT2D eigenvalue weighted by atomic mass is 10.2. The van der Waals surface area contributed by atoms with Gasteiger partial charge in [0.15, 0.2) is 0 Å². The third kappa shape index (κ3) is 4.40. The molecule has 0 amide bonds. The number of anilines is 1. The van der Waals surface area contributed by atoms with Crippen LogP contribution in [0.15, 0.2) is 29.2 Å². The largest absolute Gasteiger partial charge is 0.494 e. The first-order chi connectivity index (χ1) is 13.8. The normalized spacial score (nSPS) is 11.5. The highest BCUT2D eigenvalue weighted by Crippen LogP contribution is 2.37. The van der Waals surface area contributed by atoms with Gasteiger partial charge in [-0.3, -0.25) is 9.82 Å². The van der Waals surface area contributed by atoms with Crippen LogP contribution in [0.25, 0.3) is 10.6 Å². The smallest absolute Gasteiger partial charge is 0.263 e. The van der Waals surface area contributed by atoms with Crippen molar-refractivity contribution in [1.29, 1.82) is 0 Å². The standard InChI is InChI=1S/C20H25N3O4S2/c1-6-26-15-8-9-17(27-7-2)16(10-15)23-29(24,25)19-11-18(28-14(19)5)20-12(3)13(4)21-22-20/h8-11,23H,6-7H2,1-5H3,(H,21,22). The zero-order valence-electron chi connectivity index (χ0n) is 17.1. The fourth-order valence-electron chi connectivity index (χ4n) is 2.90. The van der Waals surface area contributed by atoms with Gasteiger partial charge >= 0.3 is 0 Å². The van der Waals surface area contributed by atoms with Crippen LogP contribution in [-0.2, 0) is 10.0 Å². The van der Waals surface area contributed by atoms with Gasteiger partial charge in [0.2, 0.25) is 0 Å². The van der Waals surface area contributed by atoms with Crippen LogP contribution >= 0.6 is 11.3 Å². The lowest BCUT2D eigenvalue weighted by Gasteiger charge is -2.14. The van der Waals surface area contributed by atoms with E-state index in [0.29, 0.717) is 35.3 Å². The summed E-state index contributed by atoms with van der Waals surface area (Å²) < 4.78 is 40.0. The minimum Gasteiger partial charge on any atom is -0.494 e. The van der Waals surface area contributed by atoms with Crippen molar-refractivity contribution in [2.45, 2.75) is 39.5 Å². The second kappa shape index (κ2) is 8.46. The Labute approximate surface area is 175 Å². The van der Waals surface area contributed by atoms with E-state index in [9.17, 15) is 8.42 Å². The van der Waals surface area contributed by atoms with Gasteiger partial charge in [-0.25, -0.2) is 8.42 Å². The van der Waals surface area contributed by atoms with Gasteiger partial charge in [-0.15, -0.1) is 11.3 Å². The molecular weight excluding hydrogens is 410 g/mol. The van der Waals surface area contributed by atoms with Crippen molar-refractivity contribution in [3.8, 4) is 22.1 Å². The number of sulfonamides is 1. The molecule has 9 heteroatoms. The van der Waals surface area contributed by atoms with Gasteiger partial charge in [0.1, 0.15) is 22.1 Å². The molecule has 0 saturated carbocycles. The summed E-state index contributed by atoms with van der Waals surface area (Å²) in [5.74, 6) is 1.02. The summed E-state index contributed by atoms with van der Waals surface area (Å²) in [6.07, 6.45) is 0. The molecule has 2 aromatic heterocycles. The number of aromatic nitrogens is 2. The first-order valence-electron chi connectivity index (χ1n) is 9.31. The Morgan fingerprint density at radius 3 is 2.45 bits per heavy atom. The van der Waals surface area contributed by atoms with Crippen LogP contribution in [0.1, 0.15) is 30.0 Å². The van der Waals surface area contributed by atoms with Gasteiger partial charge in [-0.05, 0) is 58.4 Å². The number of hydrogen-bond acceptors (Lipinski definition) is 6. The van der Waals surface area contributed by atoms with E-state index in [0.717, 1.165) is 21.8 Å². The zero-order chi connectivity index (χ0) is 21.2. The van der Waals surface area contributed by atoms with E-state index < -0.39 is 10.0 Å². The zero-order valence-corrected chi connectivity index (χ0v) is 18.8. The Balaban J connectivity index is 1.98. The first kappa shape index (κ1) is 21.2. The molecule has 2 heterocycles. The number of hydrogen-bond donors (Lipinski definition) is 2. The molecule has 2 N–H and O–H groups in total. The summed E-state index contributed by atoms with van der Waals surface area (Å²) in [6, 6.07) is 6.75. The first-order valence-corrected chi connectivity index (χ1v) is 11.6. The van der Waals surface area contributed by atoms with Crippen LogP contribution in [-0.4, -0.2) is 31.8 Å². The molecule has 3 aromatic rings. The molecule has 0 radical (unpaired) electrons. The summed E-state index contributed by atoms with van der Waals surface area (Å²) in [5.41, 5.74) is 3.08. The van der Waals surface area contributed by atoms with Gasteiger partial charge in [-0.1, -0.05) is 0 Å². The fraction of sp³-hybridized carbons (Fsp3) is 0.350. The fourth-order valence-corrected chi connectivity index (χ4v) is 5.60. The molecule has 29 heavy (non-hydrogen) atoms. The second-order valence-electron chi connectivity index (χ2n) is 6.48. The SMILES string of the molecule is CCOc1ccc(OCC)c(NS(=O)(=O)c2cc(-c3n[nH]c(C)c3C)sc2C)c1. The van der Waals surface area contributed by atoms with Gasteiger partial charge in [0, 0.05) is 16.6 Å². The maximum atomic E-state index is 13.2. The lowest BCUT2D eigenvalue weighted by molar-refractivity contribution is 0.332. The summed E-state index contributed by atoms with van der Waals surface area (Å²) >= 11 is 1.40. The van der Waals surface area contributed by atoms with Crippen LogP contribution in [0.4, 0.5) is 5.69 Å². The number of H-pyrrole nitrogens is 1. The van der Waals surface area contributed by atoms with Crippen LogP contribution in [0.2, 0.25) is 0 Å². The molecule has 0 aliphatic rings. The molecule has 1 aromatic carbocycles. The van der Waals surface area contributed by atoms with Gasteiger partial charge in [-0.2, -0.15) is 5.10 Å². The summed E-state index contributed by atoms with van der Waals surface area (Å²) in [6.45, 7) is 10.3. The molecule has 0 aliphatic heterocycles. The number of benzene rings is 1. The molecule has 0 spiro atoms. The van der Waals surface area contributed by atoms with Gasteiger partial charge in [0.05, 0.1) is 23.8 Å². The van der Waals surface area contributed by atoms with E-state index in [1.165, 1.54) is 11.3 Å². The average molecular weight is 436 g/mol. The monoisotopic (exact) mass is 435 g/mol. The number of ether oxygens (including phenoxy) is 2. The number of aromatic amines is 1. The van der Waals surface area contributed by atoms with Crippen molar-refractivity contribution in [3.05, 3.63) is 40.4 Å². The summed E-state index contributed by atoms with van der Waals surface area (Å²) in [7, 11) is -3.82. The van der Waals surface area contributed by atoms with Crippen molar-refractivity contribution in [2.24, 2.45) is 0 Å². The van der Waals surface area contributed by atoms with E-state index in [1.807, 2.05) is 27.7 Å². The van der Waals surface area contributed by atoms with E-state index in [2.05, 4.69) is 14.9 Å². The number of aryl methyl sites for hydroxylation is 2. The van der Waals surface area contributed by atoms with Crippen LogP contribution in [0, 0.1) is 20.8 Å². The predicted octanol–water partition coefficient (Wildman–Crippen LogP) is 4.66. The van der Waals surface area contributed by atoms with Crippen molar-refractivity contribution in [3.63, 3.8) is 0 Å². The topological polar surface area (TPSA) is 93.3 Å². The molecule has 0 atom stereocenters. The average Bonchev–Trinajstić information content (AvgIpc) is 3.21. The van der Waals surface area contributed by atoms with E-state index in [1.54, 1.807) is 31.2 Å². The number of nitrogens with zero attached hydrogens (tertiary/aromatic N) is 1. The molecule has 0 bridgehead atoms. The minimum atomic E-state index is -3.82. The maximum absolute atomic E-state index is 13.2. The van der Waals surface area contributed by atoms with Crippen molar-refractivity contribution < 1.29 is 17.9 Å². The van der Waals surface area contributed by atoms with Gasteiger partial charge < -0.3 is 9.47 Å². The van der Waals surface area contributed by atoms with Crippen molar-refractivity contribution in [2.75, 3.05) is 17.9 Å². The highest BCUT2D eigenvalue weighted by molar-refractivity contribution is 7.93. The Kier molecular flexibility index (Phi) is 6.18. The molecule has 7 nitrogen and oxygen atoms in total. The highest BCUT2D eigenvalue weighted by Gasteiger charge is 2.24. The Hall–Kier alpha value is -2.52. The third-order valence-electron chi connectivity index (χ3n) is 4.45. The van der Waals surface area contributed by atoms with Crippen LogP contribution in [0.5, 0.6) is 11.5 Å². The highest BCUT2D eigenvalue weighted by atomic mass is 32.2. The van der Waals surface area contributed by atoms with E-state index >= 15 is 0 Å². The second-order valence-corrected chi connectivity index (χ2v) is 9.39. The molecule has 0 aliphatic carbocycles. The quantitative estimate of drug-likeness (QED) is 0.537. The Bertz CT molecular complexity index is 1120. The van der Waals surface area contributed by atoms with E-state index in [4.69, 9.17) is 9.47 Å². The maximum Gasteiger partial charge on any atom is 0.263 e. The molecule has 3 rings (SSSR count). The molecule has 156 valence electrons. The number of thiophene rings is 1. The van der Waals surface area contributed by atoms with E-state index in [-0.39, 0.29) is 4.90 Å². The Morgan fingerprint density at radius 1 is 1.10 bits per heavy atom. The molecule has 0 fully saturated rings. The minimum absolute atomic E-state index is 0.224. The lowest BCUT2D eigenvalue weighted by Crippen LogP contribution is -2.14. The summed E-state index contributed by atoms with van der Waals surface area (Å²) in [4.78, 5) is 1.71. The summed E-state index contributed by atoms with van der Waals surface area (Å²) in [5, 5.41) is 7.25. The molecular formula is C20H25N3O4S2. The Morgan fingerprint density at radius 2 is 1.83 bits per heavy atom. The third-order valence-corrected chi connectivity index (χ3v) is 7.13. The van der Waals surface area contributed by atoms with Crippen molar-refractivity contribution in [1.82, 2.24) is 10.2 Å². The predicted molar refractivity (Wildman–Crippen MR) is 116 cm³/mol. The van der Waals surface area contributed by atoms with Crippen molar-refractivity contribution >= 4 is 27.0 Å². The number of rotatable bonds is 8.